The molecule has 0 aliphatic carbocycles. The Labute approximate surface area is 403 Å². The second-order valence-electron chi connectivity index (χ2n) is 20.2. The summed E-state index contributed by atoms with van der Waals surface area (Å²) in [6.45, 7) is 22.3. The van der Waals surface area contributed by atoms with Crippen LogP contribution in [0.15, 0.2) is 167 Å². The number of benzene rings is 9. The molecule has 0 bridgehead atoms. The SMILES string of the molecule is [2H]c1c2oc3cc4cc(N(c5cccc(C(C)C)c5)c5cc(C(C)C)ccc5C)ccc4cc3c2c([2H])c2oc3cc4cc(N(c5cccc(C(C)C)c5)c5cc(C(C)C)ccc5C)ccc4cc3c12. The number of furan rings is 2. The summed E-state index contributed by atoms with van der Waals surface area (Å²) in [6.07, 6.45) is 0. The number of aryl methyl sites for hydroxylation is 2. The molecule has 0 atom stereocenters. The van der Waals surface area contributed by atoms with Crippen LogP contribution in [0.2, 0.25) is 0 Å². The first-order valence-electron chi connectivity index (χ1n) is 25.3. The van der Waals surface area contributed by atoms with E-state index in [4.69, 9.17) is 8.83 Å². The summed E-state index contributed by atoms with van der Waals surface area (Å²) in [6, 6.07) is 53.3. The summed E-state index contributed by atoms with van der Waals surface area (Å²) in [5.74, 6) is 1.54. The van der Waals surface area contributed by atoms with Gasteiger partial charge in [0.05, 0.1) is 2.74 Å². The molecular weight excluding hydrogens is 829 g/mol. The smallest absolute Gasteiger partial charge is 0.136 e. The predicted octanol–water partition coefficient (Wildman–Crippen LogP) is 19.8. The lowest BCUT2D eigenvalue weighted by molar-refractivity contribution is 0.664. The number of fused-ring (bicyclic) bond motifs is 8. The van der Waals surface area contributed by atoms with Gasteiger partial charge in [0.2, 0.25) is 0 Å². The van der Waals surface area contributed by atoms with Gasteiger partial charge in [0.1, 0.15) is 22.3 Å². The summed E-state index contributed by atoms with van der Waals surface area (Å²) in [4.78, 5) is 4.74. The van der Waals surface area contributed by atoms with Crippen LogP contribution < -0.4 is 9.80 Å². The minimum Gasteiger partial charge on any atom is -0.456 e. The Hall–Kier alpha value is -7.30. The van der Waals surface area contributed by atoms with Gasteiger partial charge in [-0.2, -0.15) is 0 Å². The standard InChI is InChI=1S/C64H60N2O2/c1-37(2)43-13-11-15-51(25-43)65(59-31-45(39(5)6)19-17-41(59)9)53-23-21-47-29-55-57-35-64-58(36-63(57)67-61(55)33-49(47)27-53)56-30-48-22-24-54(28-50(48)34-62(56)68-64)66(52-16-12-14-44(26-52)38(3)4)60-32-46(40(7)8)20-18-42(60)10/h11-40H,1-10H3/i35D,36D. The summed E-state index contributed by atoms with van der Waals surface area (Å²) in [5, 5.41) is 6.86. The molecule has 338 valence electrons. The zero-order chi connectivity index (χ0) is 48.9. The molecule has 0 unspecified atom stereocenters. The number of rotatable bonds is 10. The molecule has 0 spiro atoms. The highest BCUT2D eigenvalue weighted by Crippen LogP contribution is 2.45. The minimum atomic E-state index is 0.227. The Morgan fingerprint density at radius 2 is 0.735 bits per heavy atom. The normalized spacial score (nSPS) is 12.6. The van der Waals surface area contributed by atoms with E-state index in [1.54, 1.807) is 0 Å². The fourth-order valence-corrected chi connectivity index (χ4v) is 9.94. The van der Waals surface area contributed by atoms with Crippen LogP contribution in [0.3, 0.4) is 0 Å². The van der Waals surface area contributed by atoms with E-state index in [9.17, 15) is 2.74 Å². The van der Waals surface area contributed by atoms with Crippen LogP contribution in [-0.4, -0.2) is 0 Å². The largest absolute Gasteiger partial charge is 0.456 e. The third-order valence-electron chi connectivity index (χ3n) is 14.1. The van der Waals surface area contributed by atoms with Crippen molar-refractivity contribution >= 4 is 99.5 Å². The highest BCUT2D eigenvalue weighted by Gasteiger charge is 2.22. The summed E-state index contributed by atoms with van der Waals surface area (Å²) in [7, 11) is 0. The summed E-state index contributed by atoms with van der Waals surface area (Å²) < 4.78 is 32.7. The van der Waals surface area contributed by atoms with Gasteiger partial charge in [-0.15, -0.1) is 0 Å². The van der Waals surface area contributed by atoms with Crippen LogP contribution in [-0.2, 0) is 0 Å². The van der Waals surface area contributed by atoms with Gasteiger partial charge in [-0.05, 0) is 189 Å². The lowest BCUT2D eigenvalue weighted by Gasteiger charge is -2.29. The Kier molecular flexibility index (Phi) is 10.1. The quantitative estimate of drug-likeness (QED) is 0.137. The van der Waals surface area contributed by atoms with Crippen LogP contribution in [0, 0.1) is 13.8 Å². The van der Waals surface area contributed by atoms with Crippen LogP contribution in [0.25, 0.3) is 65.4 Å². The summed E-state index contributed by atoms with van der Waals surface area (Å²) >= 11 is 0. The van der Waals surface area contributed by atoms with Gasteiger partial charge in [-0.25, -0.2) is 0 Å². The van der Waals surface area contributed by atoms with E-state index >= 15 is 0 Å². The van der Waals surface area contributed by atoms with E-state index in [0.717, 1.165) is 66.4 Å². The first-order chi connectivity index (χ1) is 33.6. The first kappa shape index (κ1) is 40.9. The van der Waals surface area contributed by atoms with E-state index < -0.39 is 0 Å². The van der Waals surface area contributed by atoms with Crippen LogP contribution in [0.1, 0.15) is 115 Å². The van der Waals surface area contributed by atoms with E-state index in [-0.39, 0.29) is 12.1 Å². The van der Waals surface area contributed by atoms with Crippen molar-refractivity contribution in [3.05, 3.63) is 191 Å². The monoisotopic (exact) mass is 890 g/mol. The average molecular weight is 891 g/mol. The molecule has 0 aliphatic heterocycles. The molecule has 11 aromatic rings. The molecule has 11 rings (SSSR count). The minimum absolute atomic E-state index is 0.227. The Morgan fingerprint density at radius 3 is 1.13 bits per heavy atom. The van der Waals surface area contributed by atoms with Crippen molar-refractivity contribution in [2.75, 3.05) is 9.80 Å². The van der Waals surface area contributed by atoms with Gasteiger partial charge in [-0.1, -0.05) is 116 Å². The van der Waals surface area contributed by atoms with E-state index in [1.807, 2.05) is 0 Å². The first-order valence-corrected chi connectivity index (χ1v) is 24.3. The van der Waals surface area contributed by atoms with Crippen LogP contribution in [0.4, 0.5) is 34.1 Å². The molecular formula is C64H60N2O2. The van der Waals surface area contributed by atoms with Gasteiger partial charge in [0.25, 0.3) is 0 Å². The number of anilines is 6. The fourth-order valence-electron chi connectivity index (χ4n) is 9.94. The van der Waals surface area contributed by atoms with E-state index in [0.29, 0.717) is 56.8 Å². The maximum absolute atomic E-state index is 9.69. The molecule has 0 saturated carbocycles. The molecule has 2 heterocycles. The summed E-state index contributed by atoms with van der Waals surface area (Å²) in [5.41, 5.74) is 16.2. The lowest BCUT2D eigenvalue weighted by atomic mass is 9.98. The zero-order valence-corrected chi connectivity index (χ0v) is 40.9. The fraction of sp³-hybridized carbons (Fsp3) is 0.219. The second-order valence-corrected chi connectivity index (χ2v) is 20.2. The van der Waals surface area contributed by atoms with Gasteiger partial charge in [0.15, 0.2) is 0 Å². The maximum atomic E-state index is 9.69. The molecule has 0 aliphatic rings. The highest BCUT2D eigenvalue weighted by molar-refractivity contribution is 6.18. The molecule has 0 N–H and O–H groups in total. The molecule has 9 aromatic carbocycles. The average Bonchev–Trinajstić information content (AvgIpc) is 3.92. The second kappa shape index (κ2) is 16.8. The van der Waals surface area contributed by atoms with Crippen molar-refractivity contribution in [2.45, 2.75) is 92.9 Å². The third kappa shape index (κ3) is 7.57. The predicted molar refractivity (Wildman–Crippen MR) is 291 cm³/mol. The number of nitrogens with zero attached hydrogens (tertiary/aromatic N) is 2. The molecule has 2 aromatic heterocycles. The topological polar surface area (TPSA) is 32.8 Å². The number of hydrogen-bond donors (Lipinski definition) is 0. The maximum Gasteiger partial charge on any atom is 0.136 e. The Bertz CT molecular complexity index is 3620. The Balaban J connectivity index is 1.04. The lowest BCUT2D eigenvalue weighted by Crippen LogP contribution is -2.12. The van der Waals surface area contributed by atoms with E-state index in [2.05, 4.69) is 225 Å². The molecule has 4 nitrogen and oxygen atoms in total. The molecule has 0 saturated heterocycles. The van der Waals surface area contributed by atoms with Crippen molar-refractivity contribution in [1.82, 2.24) is 0 Å². The molecule has 0 radical (unpaired) electrons. The van der Waals surface area contributed by atoms with Crippen molar-refractivity contribution in [1.29, 1.82) is 0 Å². The van der Waals surface area contributed by atoms with E-state index in [1.165, 1.54) is 33.4 Å². The molecule has 4 heteroatoms. The van der Waals surface area contributed by atoms with Gasteiger partial charge in [-0.3, -0.25) is 0 Å². The molecule has 0 fully saturated rings. The van der Waals surface area contributed by atoms with Crippen molar-refractivity contribution < 1.29 is 11.6 Å². The van der Waals surface area contributed by atoms with Crippen LogP contribution in [0.5, 0.6) is 0 Å². The highest BCUT2D eigenvalue weighted by atomic mass is 16.3. The number of hydrogen-bond acceptors (Lipinski definition) is 4. The van der Waals surface area contributed by atoms with Crippen molar-refractivity contribution in [3.63, 3.8) is 0 Å². The van der Waals surface area contributed by atoms with Crippen molar-refractivity contribution in [2.24, 2.45) is 0 Å². The van der Waals surface area contributed by atoms with Gasteiger partial charge < -0.3 is 18.6 Å². The molecule has 0 amide bonds. The third-order valence-corrected chi connectivity index (χ3v) is 14.1. The zero-order valence-electron chi connectivity index (χ0n) is 42.9. The van der Waals surface area contributed by atoms with Gasteiger partial charge >= 0.3 is 0 Å². The van der Waals surface area contributed by atoms with Gasteiger partial charge in [0, 0.05) is 55.7 Å². The van der Waals surface area contributed by atoms with Crippen LogP contribution >= 0.6 is 0 Å². The van der Waals surface area contributed by atoms with Crippen molar-refractivity contribution in [3.8, 4) is 0 Å². The Morgan fingerprint density at radius 1 is 0.353 bits per heavy atom. The molecule has 68 heavy (non-hydrogen) atoms.